The predicted octanol–water partition coefficient (Wildman–Crippen LogP) is 6.59. The van der Waals surface area contributed by atoms with Gasteiger partial charge in [0.1, 0.15) is 24.7 Å². The summed E-state index contributed by atoms with van der Waals surface area (Å²) in [5, 5.41) is 1.32. The van der Waals surface area contributed by atoms with Crippen LogP contribution in [0, 0.1) is 0 Å². The van der Waals surface area contributed by atoms with E-state index < -0.39 is 0 Å². The molecule has 0 bridgehead atoms. The molecule has 0 N–H and O–H groups in total. The van der Waals surface area contributed by atoms with Crippen LogP contribution in [-0.4, -0.2) is 24.2 Å². The van der Waals surface area contributed by atoms with Gasteiger partial charge in [-0.15, -0.1) is 0 Å². The van der Waals surface area contributed by atoms with Crippen molar-refractivity contribution in [3.05, 3.63) is 94.5 Å². The van der Waals surface area contributed by atoms with Gasteiger partial charge in [-0.3, -0.25) is 0 Å². The lowest BCUT2D eigenvalue weighted by atomic mass is 9.86. The maximum Gasteiger partial charge on any atom is 0.339 e. The van der Waals surface area contributed by atoms with Crippen molar-refractivity contribution in [2.75, 3.05) is 13.2 Å². The Labute approximate surface area is 196 Å². The van der Waals surface area contributed by atoms with Gasteiger partial charge < -0.3 is 13.9 Å². The topological polar surface area (TPSA) is 61.6 Å². The van der Waals surface area contributed by atoms with E-state index in [0.717, 1.165) is 52.8 Å². The molecule has 0 saturated heterocycles. The first-order valence-electron chi connectivity index (χ1n) is 10.9. The standard InChI is InChI=1S/C27H22ClNO4/c28-22-11-2-4-13-24(22)32-15-16-33-27(30)25-20-9-1-3-12-23(20)29-26-18(7-5-10-21(25)26)17-19-8-6-14-31-19/h1-4,6,8-9,11-14,17H,5,7,10,15-16H2. The Kier molecular flexibility index (Phi) is 6.13. The van der Waals surface area contributed by atoms with Crippen molar-refractivity contribution in [2.24, 2.45) is 0 Å². The Balaban J connectivity index is 1.43. The van der Waals surface area contributed by atoms with Crippen molar-refractivity contribution in [2.45, 2.75) is 19.3 Å². The monoisotopic (exact) mass is 459 g/mol. The van der Waals surface area contributed by atoms with E-state index in [-0.39, 0.29) is 19.2 Å². The van der Waals surface area contributed by atoms with Crippen LogP contribution in [0.3, 0.4) is 0 Å². The second kappa shape index (κ2) is 9.51. The molecule has 0 atom stereocenters. The van der Waals surface area contributed by atoms with Crippen LogP contribution in [0.5, 0.6) is 5.75 Å². The number of nitrogens with zero attached hydrogens (tertiary/aromatic N) is 1. The Bertz CT molecular complexity index is 1330. The quantitative estimate of drug-likeness (QED) is 0.240. The highest BCUT2D eigenvalue weighted by molar-refractivity contribution is 6.32. The Morgan fingerprint density at radius 2 is 1.88 bits per heavy atom. The molecule has 0 amide bonds. The zero-order valence-corrected chi connectivity index (χ0v) is 18.7. The Morgan fingerprint density at radius 3 is 2.73 bits per heavy atom. The number of fused-ring (bicyclic) bond motifs is 2. The SMILES string of the molecule is O=C(OCCOc1ccccc1Cl)c1c2c(nc3ccccc13)C(=Cc1ccco1)CCC2. The number of furan rings is 1. The van der Waals surface area contributed by atoms with Gasteiger partial charge in [0.05, 0.1) is 28.1 Å². The molecule has 1 aliphatic rings. The molecule has 0 radical (unpaired) electrons. The van der Waals surface area contributed by atoms with Gasteiger partial charge in [-0.25, -0.2) is 9.78 Å². The van der Waals surface area contributed by atoms with Crippen LogP contribution in [0.25, 0.3) is 22.6 Å². The van der Waals surface area contributed by atoms with Gasteiger partial charge >= 0.3 is 5.97 Å². The first kappa shape index (κ1) is 21.3. The minimum Gasteiger partial charge on any atom is -0.488 e. The third-order valence-electron chi connectivity index (χ3n) is 5.64. The van der Waals surface area contributed by atoms with E-state index in [0.29, 0.717) is 16.3 Å². The molecule has 4 aromatic rings. The number of para-hydroxylation sites is 2. The lowest BCUT2D eigenvalue weighted by molar-refractivity contribution is 0.0451. The number of halogens is 1. The van der Waals surface area contributed by atoms with E-state index >= 15 is 0 Å². The number of pyridine rings is 1. The molecule has 2 aromatic heterocycles. The minimum atomic E-state index is -0.369. The second-order valence-corrected chi connectivity index (χ2v) is 8.19. The number of carbonyl (C=O) groups excluding carboxylic acids is 1. The van der Waals surface area contributed by atoms with Crippen LogP contribution < -0.4 is 4.74 Å². The number of hydrogen-bond acceptors (Lipinski definition) is 5. The highest BCUT2D eigenvalue weighted by Gasteiger charge is 2.26. The van der Waals surface area contributed by atoms with Gasteiger partial charge in [0.15, 0.2) is 0 Å². The number of carbonyl (C=O) groups is 1. The smallest absolute Gasteiger partial charge is 0.339 e. The zero-order valence-electron chi connectivity index (χ0n) is 17.9. The summed E-state index contributed by atoms with van der Waals surface area (Å²) < 4.78 is 16.8. The molecule has 5 nitrogen and oxygen atoms in total. The summed E-state index contributed by atoms with van der Waals surface area (Å²) in [5.74, 6) is 0.968. The minimum absolute atomic E-state index is 0.116. The summed E-state index contributed by atoms with van der Waals surface area (Å²) in [6, 6.07) is 18.7. The molecule has 0 fully saturated rings. The first-order valence-corrected chi connectivity index (χ1v) is 11.3. The zero-order chi connectivity index (χ0) is 22.6. The van der Waals surface area contributed by atoms with Crippen molar-refractivity contribution < 1.29 is 18.7 Å². The maximum absolute atomic E-state index is 13.3. The van der Waals surface area contributed by atoms with Crippen LogP contribution in [0.1, 0.15) is 40.2 Å². The Morgan fingerprint density at radius 1 is 1.03 bits per heavy atom. The molecule has 0 aliphatic heterocycles. The molecule has 0 spiro atoms. The van der Waals surface area contributed by atoms with Gasteiger partial charge in [-0.05, 0) is 66.8 Å². The van der Waals surface area contributed by atoms with Crippen molar-refractivity contribution >= 4 is 40.1 Å². The third-order valence-corrected chi connectivity index (χ3v) is 5.96. The highest BCUT2D eigenvalue weighted by atomic mass is 35.5. The molecule has 0 unspecified atom stereocenters. The largest absolute Gasteiger partial charge is 0.488 e. The number of benzene rings is 2. The summed E-state index contributed by atoms with van der Waals surface area (Å²) in [5.41, 5.74) is 4.18. The van der Waals surface area contributed by atoms with Crippen molar-refractivity contribution in [3.63, 3.8) is 0 Å². The van der Waals surface area contributed by atoms with E-state index in [1.807, 2.05) is 54.6 Å². The molecular formula is C27H22ClNO4. The summed E-state index contributed by atoms with van der Waals surface area (Å²) in [7, 11) is 0. The Hall–Kier alpha value is -3.57. The normalized spacial score (nSPS) is 14.3. The van der Waals surface area contributed by atoms with Crippen molar-refractivity contribution in [1.82, 2.24) is 4.98 Å². The average molecular weight is 460 g/mol. The van der Waals surface area contributed by atoms with Crippen molar-refractivity contribution in [1.29, 1.82) is 0 Å². The second-order valence-electron chi connectivity index (χ2n) is 7.78. The highest BCUT2D eigenvalue weighted by Crippen LogP contribution is 2.36. The van der Waals surface area contributed by atoms with Gasteiger partial charge in [0.2, 0.25) is 0 Å². The third kappa shape index (κ3) is 4.50. The lowest BCUT2D eigenvalue weighted by Crippen LogP contribution is -2.17. The maximum atomic E-state index is 13.3. The number of esters is 1. The van der Waals surface area contributed by atoms with E-state index in [4.69, 9.17) is 30.5 Å². The molecule has 6 heteroatoms. The molecule has 5 rings (SSSR count). The number of rotatable bonds is 6. The fourth-order valence-corrected chi connectivity index (χ4v) is 4.36. The molecule has 1 aliphatic carbocycles. The van der Waals surface area contributed by atoms with E-state index in [9.17, 15) is 4.79 Å². The first-order chi connectivity index (χ1) is 16.2. The summed E-state index contributed by atoms with van der Waals surface area (Å²) in [4.78, 5) is 18.2. The van der Waals surface area contributed by atoms with Crippen molar-refractivity contribution in [3.8, 4) is 5.75 Å². The van der Waals surface area contributed by atoms with Gasteiger partial charge in [-0.1, -0.05) is 41.9 Å². The summed E-state index contributed by atoms with van der Waals surface area (Å²) in [6.45, 7) is 0.328. The van der Waals surface area contributed by atoms with Crippen LogP contribution in [0.2, 0.25) is 5.02 Å². The number of allylic oxidation sites excluding steroid dienone is 1. The van der Waals surface area contributed by atoms with Gasteiger partial charge in [0.25, 0.3) is 0 Å². The lowest BCUT2D eigenvalue weighted by Gasteiger charge is -2.22. The van der Waals surface area contributed by atoms with E-state index in [1.54, 1.807) is 18.4 Å². The van der Waals surface area contributed by atoms with Crippen LogP contribution in [0.4, 0.5) is 0 Å². The fourth-order valence-electron chi connectivity index (χ4n) is 4.17. The van der Waals surface area contributed by atoms with Gasteiger partial charge in [0, 0.05) is 5.39 Å². The van der Waals surface area contributed by atoms with Crippen LogP contribution >= 0.6 is 11.6 Å². The molecule has 2 aromatic carbocycles. The summed E-state index contributed by atoms with van der Waals surface area (Å²) in [6.07, 6.45) is 6.22. The van der Waals surface area contributed by atoms with E-state index in [1.165, 1.54) is 0 Å². The molecule has 166 valence electrons. The molecular weight excluding hydrogens is 438 g/mol. The average Bonchev–Trinajstić information content (AvgIpc) is 3.35. The number of hydrogen-bond donors (Lipinski definition) is 0. The summed E-state index contributed by atoms with van der Waals surface area (Å²) >= 11 is 6.12. The van der Waals surface area contributed by atoms with Crippen LogP contribution in [-0.2, 0) is 11.2 Å². The van der Waals surface area contributed by atoms with Crippen LogP contribution in [0.15, 0.2) is 71.3 Å². The predicted molar refractivity (Wildman–Crippen MR) is 128 cm³/mol. The molecule has 0 saturated carbocycles. The number of aromatic nitrogens is 1. The van der Waals surface area contributed by atoms with Gasteiger partial charge in [-0.2, -0.15) is 0 Å². The molecule has 2 heterocycles. The number of ether oxygens (including phenoxy) is 2. The molecule has 33 heavy (non-hydrogen) atoms. The van der Waals surface area contributed by atoms with E-state index in [2.05, 4.69) is 0 Å². The fraction of sp³-hybridized carbons (Fsp3) is 0.185.